The average molecular weight is 225 g/mol. The summed E-state index contributed by atoms with van der Waals surface area (Å²) in [5.74, 6) is 0. The van der Waals surface area contributed by atoms with Crippen molar-refractivity contribution in [2.75, 3.05) is 13.7 Å². The lowest BCUT2D eigenvalue weighted by molar-refractivity contribution is -0.127. The second kappa shape index (κ2) is 5.50. The standard InChI is InChI=1S/C14H27NO/c1-3-10-15-12-11-13(16-2)14(12)8-6-4-5-7-9-14/h12-13,15H,3-11H2,1-2H3. The molecule has 0 amide bonds. The molecule has 2 rings (SSSR count). The van der Waals surface area contributed by atoms with Crippen LogP contribution in [0.4, 0.5) is 0 Å². The van der Waals surface area contributed by atoms with Gasteiger partial charge in [-0.15, -0.1) is 0 Å². The summed E-state index contributed by atoms with van der Waals surface area (Å²) in [5.41, 5.74) is 0.487. The third kappa shape index (κ3) is 2.14. The van der Waals surface area contributed by atoms with Crippen LogP contribution in [0.15, 0.2) is 0 Å². The van der Waals surface area contributed by atoms with Crippen LogP contribution in [0.2, 0.25) is 0 Å². The van der Waals surface area contributed by atoms with Crippen molar-refractivity contribution in [3.05, 3.63) is 0 Å². The summed E-state index contributed by atoms with van der Waals surface area (Å²) in [6.07, 6.45) is 11.4. The van der Waals surface area contributed by atoms with Crippen molar-refractivity contribution in [2.24, 2.45) is 5.41 Å². The van der Waals surface area contributed by atoms with E-state index in [1.165, 1.54) is 57.9 Å². The van der Waals surface area contributed by atoms with E-state index < -0.39 is 0 Å². The summed E-state index contributed by atoms with van der Waals surface area (Å²) < 4.78 is 5.71. The summed E-state index contributed by atoms with van der Waals surface area (Å²) in [6.45, 7) is 3.42. The summed E-state index contributed by atoms with van der Waals surface area (Å²) in [4.78, 5) is 0. The van der Waals surface area contributed by atoms with Crippen LogP contribution in [-0.2, 0) is 4.74 Å². The molecule has 94 valence electrons. The maximum atomic E-state index is 5.71. The lowest BCUT2D eigenvalue weighted by Crippen LogP contribution is -2.63. The number of methoxy groups -OCH3 is 1. The van der Waals surface area contributed by atoms with E-state index in [4.69, 9.17) is 4.74 Å². The molecular formula is C14H27NO. The van der Waals surface area contributed by atoms with E-state index in [0.29, 0.717) is 11.5 Å². The zero-order valence-corrected chi connectivity index (χ0v) is 10.9. The van der Waals surface area contributed by atoms with Gasteiger partial charge < -0.3 is 10.1 Å². The molecule has 0 heterocycles. The minimum absolute atomic E-state index is 0.487. The molecule has 2 nitrogen and oxygen atoms in total. The lowest BCUT2D eigenvalue weighted by atomic mass is 9.58. The molecule has 2 fully saturated rings. The van der Waals surface area contributed by atoms with Gasteiger partial charge in [-0.05, 0) is 32.2 Å². The normalized spacial score (nSPS) is 33.4. The maximum Gasteiger partial charge on any atom is 0.0657 e. The molecule has 16 heavy (non-hydrogen) atoms. The number of hydrogen-bond acceptors (Lipinski definition) is 2. The number of hydrogen-bond donors (Lipinski definition) is 1. The van der Waals surface area contributed by atoms with Crippen molar-refractivity contribution >= 4 is 0 Å². The smallest absolute Gasteiger partial charge is 0.0657 e. The quantitative estimate of drug-likeness (QED) is 0.794. The summed E-state index contributed by atoms with van der Waals surface area (Å²) in [6, 6.07) is 0.732. The average Bonchev–Trinajstić information content (AvgIpc) is 2.55. The van der Waals surface area contributed by atoms with Crippen molar-refractivity contribution in [3.8, 4) is 0 Å². The molecule has 0 aliphatic heterocycles. The Morgan fingerprint density at radius 3 is 2.44 bits per heavy atom. The van der Waals surface area contributed by atoms with Crippen LogP contribution < -0.4 is 5.32 Å². The van der Waals surface area contributed by atoms with Crippen LogP contribution in [0.3, 0.4) is 0 Å². The van der Waals surface area contributed by atoms with Gasteiger partial charge >= 0.3 is 0 Å². The second-order valence-corrected chi connectivity index (χ2v) is 5.61. The third-order valence-corrected chi connectivity index (χ3v) is 4.74. The number of nitrogens with one attached hydrogen (secondary N) is 1. The fraction of sp³-hybridized carbons (Fsp3) is 1.00. The monoisotopic (exact) mass is 225 g/mol. The Hall–Kier alpha value is -0.0800. The molecule has 2 saturated carbocycles. The highest BCUT2D eigenvalue weighted by Crippen LogP contribution is 2.52. The van der Waals surface area contributed by atoms with Gasteiger partial charge in [-0.1, -0.05) is 32.6 Å². The molecule has 0 saturated heterocycles. The summed E-state index contributed by atoms with van der Waals surface area (Å²) in [7, 11) is 1.90. The van der Waals surface area contributed by atoms with E-state index >= 15 is 0 Å². The van der Waals surface area contributed by atoms with Gasteiger partial charge in [0, 0.05) is 18.6 Å². The first-order valence-corrected chi connectivity index (χ1v) is 7.09. The molecule has 2 atom stereocenters. The fourth-order valence-electron chi connectivity index (χ4n) is 3.74. The highest BCUT2D eigenvalue weighted by molar-refractivity contribution is 5.08. The van der Waals surface area contributed by atoms with E-state index in [-0.39, 0.29) is 0 Å². The Morgan fingerprint density at radius 1 is 1.19 bits per heavy atom. The molecule has 2 unspecified atom stereocenters. The van der Waals surface area contributed by atoms with Crippen LogP contribution >= 0.6 is 0 Å². The first kappa shape index (κ1) is 12.4. The highest BCUT2D eigenvalue weighted by atomic mass is 16.5. The molecule has 2 aliphatic carbocycles. The molecule has 0 aromatic heterocycles. The minimum atomic E-state index is 0.487. The van der Waals surface area contributed by atoms with Crippen molar-refractivity contribution in [3.63, 3.8) is 0 Å². The Bertz CT molecular complexity index is 207. The molecule has 0 aromatic rings. The largest absolute Gasteiger partial charge is 0.381 e. The van der Waals surface area contributed by atoms with Gasteiger partial charge in [0.1, 0.15) is 0 Å². The van der Waals surface area contributed by atoms with Gasteiger partial charge in [-0.2, -0.15) is 0 Å². The zero-order valence-electron chi connectivity index (χ0n) is 10.9. The maximum absolute atomic E-state index is 5.71. The second-order valence-electron chi connectivity index (χ2n) is 5.61. The van der Waals surface area contributed by atoms with E-state index in [0.717, 1.165) is 6.04 Å². The van der Waals surface area contributed by atoms with E-state index in [1.807, 2.05) is 7.11 Å². The van der Waals surface area contributed by atoms with Gasteiger partial charge in [-0.3, -0.25) is 0 Å². The molecular weight excluding hydrogens is 198 g/mol. The van der Waals surface area contributed by atoms with Gasteiger partial charge in [0.25, 0.3) is 0 Å². The first-order chi connectivity index (χ1) is 7.83. The number of rotatable bonds is 4. The van der Waals surface area contributed by atoms with Gasteiger partial charge in [-0.25, -0.2) is 0 Å². The van der Waals surface area contributed by atoms with Gasteiger partial charge in [0.2, 0.25) is 0 Å². The van der Waals surface area contributed by atoms with Gasteiger partial charge in [0.15, 0.2) is 0 Å². The van der Waals surface area contributed by atoms with E-state index in [2.05, 4.69) is 12.2 Å². The topological polar surface area (TPSA) is 21.3 Å². The Labute approximate surface area is 100 Å². The zero-order chi connectivity index (χ0) is 11.4. The Kier molecular flexibility index (Phi) is 4.26. The SMILES string of the molecule is CCCNC1CC(OC)C12CCCCCC2. The highest BCUT2D eigenvalue weighted by Gasteiger charge is 2.54. The van der Waals surface area contributed by atoms with Crippen molar-refractivity contribution in [2.45, 2.75) is 70.4 Å². The number of ether oxygens (including phenoxy) is 1. The lowest BCUT2D eigenvalue weighted by Gasteiger charge is -2.56. The van der Waals surface area contributed by atoms with Crippen LogP contribution in [0, 0.1) is 5.41 Å². The first-order valence-electron chi connectivity index (χ1n) is 7.09. The van der Waals surface area contributed by atoms with Crippen LogP contribution in [-0.4, -0.2) is 25.8 Å². The predicted octanol–water partition coefficient (Wildman–Crippen LogP) is 3.11. The molecule has 2 heteroatoms. The Balaban J connectivity index is 1.99. The van der Waals surface area contributed by atoms with Crippen molar-refractivity contribution in [1.29, 1.82) is 0 Å². The van der Waals surface area contributed by atoms with Crippen LogP contribution in [0.5, 0.6) is 0 Å². The molecule has 0 bridgehead atoms. The molecule has 0 radical (unpaired) electrons. The fourth-order valence-corrected chi connectivity index (χ4v) is 3.74. The summed E-state index contributed by atoms with van der Waals surface area (Å²) >= 11 is 0. The molecule has 0 aromatic carbocycles. The third-order valence-electron chi connectivity index (χ3n) is 4.74. The minimum Gasteiger partial charge on any atom is -0.381 e. The van der Waals surface area contributed by atoms with Crippen molar-refractivity contribution < 1.29 is 4.74 Å². The van der Waals surface area contributed by atoms with E-state index in [9.17, 15) is 0 Å². The molecule has 1 N–H and O–H groups in total. The predicted molar refractivity (Wildman–Crippen MR) is 67.6 cm³/mol. The summed E-state index contributed by atoms with van der Waals surface area (Å²) in [5, 5.41) is 3.74. The van der Waals surface area contributed by atoms with Crippen LogP contribution in [0.25, 0.3) is 0 Å². The molecule has 1 spiro atoms. The van der Waals surface area contributed by atoms with Crippen molar-refractivity contribution in [1.82, 2.24) is 5.32 Å². The Morgan fingerprint density at radius 2 is 1.88 bits per heavy atom. The molecule has 2 aliphatic rings. The van der Waals surface area contributed by atoms with Gasteiger partial charge in [0.05, 0.1) is 6.10 Å². The van der Waals surface area contributed by atoms with Crippen LogP contribution in [0.1, 0.15) is 58.3 Å². The van der Waals surface area contributed by atoms with E-state index in [1.54, 1.807) is 0 Å².